The van der Waals surface area contributed by atoms with Crippen LogP contribution in [0.1, 0.15) is 0 Å². The third-order valence-corrected chi connectivity index (χ3v) is 19.6. The summed E-state index contributed by atoms with van der Waals surface area (Å²) in [5.41, 5.74) is 12.9. The Balaban J connectivity index is 1.17. The maximum atomic E-state index is 2.61. The van der Waals surface area contributed by atoms with E-state index in [9.17, 15) is 0 Å². The molecule has 0 fully saturated rings. The number of fused-ring (bicyclic) bond motifs is 9. The van der Waals surface area contributed by atoms with Crippen LogP contribution in [0.25, 0.3) is 93.6 Å². The lowest BCUT2D eigenvalue weighted by Crippen LogP contribution is -2.75. The van der Waals surface area contributed by atoms with Crippen LogP contribution in [-0.2, 0) is 0 Å². The molecule has 3 nitrogen and oxygen atoms in total. The van der Waals surface area contributed by atoms with Crippen molar-refractivity contribution in [3.8, 4) is 28.2 Å². The molecule has 0 N–H and O–H groups in total. The quantitative estimate of drug-likeness (QED) is 0.107. The monoisotopic (exact) mass is 907 g/mol. The molecule has 70 heavy (non-hydrogen) atoms. The second-order valence-electron chi connectivity index (χ2n) is 18.4. The molecule has 0 unspecified atom stereocenters. The molecule has 0 amide bonds. The van der Waals surface area contributed by atoms with Gasteiger partial charge in [0.25, 0.3) is 0 Å². The van der Waals surface area contributed by atoms with Crippen molar-refractivity contribution >= 4 is 94.2 Å². The number of hydrogen-bond acceptors (Lipinski definition) is 0. The Morgan fingerprint density at radius 3 is 1.19 bits per heavy atom. The summed E-state index contributed by atoms with van der Waals surface area (Å²) in [6.07, 6.45) is 0. The van der Waals surface area contributed by atoms with Crippen molar-refractivity contribution in [1.82, 2.24) is 13.7 Å². The van der Waals surface area contributed by atoms with Crippen LogP contribution in [0.5, 0.6) is 0 Å². The van der Waals surface area contributed by atoms with Crippen molar-refractivity contribution < 1.29 is 0 Å². The van der Waals surface area contributed by atoms with Crippen molar-refractivity contribution in [2.75, 3.05) is 0 Å². The van der Waals surface area contributed by atoms with Gasteiger partial charge in [0.2, 0.25) is 0 Å². The van der Waals surface area contributed by atoms with Crippen LogP contribution < -0.4 is 20.7 Å². The lowest BCUT2D eigenvalue weighted by atomic mass is 10.1. The zero-order chi connectivity index (χ0) is 46.2. The summed E-state index contributed by atoms with van der Waals surface area (Å²) in [4.78, 5) is 0. The number of hydrogen-bond donors (Lipinski definition) is 0. The zero-order valence-corrected chi connectivity index (χ0v) is 39.3. The highest BCUT2D eigenvalue weighted by atomic mass is 28.3. The van der Waals surface area contributed by atoms with Crippen LogP contribution in [0.2, 0.25) is 0 Å². The molecule has 3 aromatic heterocycles. The molecular formula is C66H45N3Si. The lowest BCUT2D eigenvalue weighted by Gasteiger charge is -2.36. The van der Waals surface area contributed by atoms with E-state index in [1.54, 1.807) is 0 Å². The number of nitrogens with zero attached hydrogens (tertiary/aromatic N) is 3. The highest BCUT2D eigenvalue weighted by Gasteiger charge is 2.44. The first-order valence-electron chi connectivity index (χ1n) is 24.2. The third kappa shape index (κ3) is 5.94. The SMILES string of the molecule is c1ccc(-c2cccc(-n3c4ccccc4c4ccc(-n5c6ccccc6c6ccc([Si](c7ccccc7)(c7ccccc7)c7ccccc7)c(-n7c8ccccc8c8ccccc87)c65)cc43)c2)cc1. The number of para-hydroxylation sites is 4. The maximum absolute atomic E-state index is 3.16. The molecule has 14 rings (SSSR count). The van der Waals surface area contributed by atoms with E-state index < -0.39 is 8.07 Å². The molecule has 0 aliphatic rings. The van der Waals surface area contributed by atoms with E-state index in [0.717, 1.165) is 22.4 Å². The Kier molecular flexibility index (Phi) is 9.23. The van der Waals surface area contributed by atoms with Gasteiger partial charge in [0.1, 0.15) is 0 Å². The topological polar surface area (TPSA) is 14.8 Å². The van der Waals surface area contributed by atoms with E-state index in [0.29, 0.717) is 0 Å². The largest absolute Gasteiger partial charge is 0.309 e. The zero-order valence-electron chi connectivity index (χ0n) is 38.3. The standard InChI is InChI=1S/C66H45N3Si/c1-5-22-46(23-6-1)47-24-21-25-48(44-47)67-59-36-17-13-34-55(59)57-41-40-49(45-63(57)67)68-60-37-18-16-35-56(60)58-42-43-64(66(65(58)68)69-61-38-19-14-32-53(61)54-33-15-20-39-62(54)69)70(50-26-7-2-8-27-50,51-28-9-3-10-29-51)52-30-11-4-12-31-52/h1-45H. The minimum absolute atomic E-state index is 1.10. The molecule has 0 spiro atoms. The fourth-order valence-corrected chi connectivity index (χ4v) is 16.8. The van der Waals surface area contributed by atoms with E-state index in [4.69, 9.17) is 0 Å². The number of rotatable bonds is 8. The normalized spacial score (nSPS) is 12.0. The molecule has 0 bridgehead atoms. The van der Waals surface area contributed by atoms with Crippen molar-refractivity contribution in [2.45, 2.75) is 0 Å². The van der Waals surface area contributed by atoms with Gasteiger partial charge in [0.15, 0.2) is 8.07 Å². The van der Waals surface area contributed by atoms with E-state index in [1.165, 1.54) is 91.9 Å². The summed E-state index contributed by atoms with van der Waals surface area (Å²) in [6, 6.07) is 102. The first-order valence-corrected chi connectivity index (χ1v) is 26.2. The summed E-state index contributed by atoms with van der Waals surface area (Å²) in [7, 11) is -3.16. The molecule has 3 heterocycles. The van der Waals surface area contributed by atoms with E-state index in [-0.39, 0.29) is 0 Å². The smallest absolute Gasteiger partial charge is 0.181 e. The predicted octanol–water partition coefficient (Wildman–Crippen LogP) is 14.0. The van der Waals surface area contributed by atoms with Gasteiger partial charge < -0.3 is 13.7 Å². The molecule has 0 saturated heterocycles. The molecule has 0 atom stereocenters. The Bertz CT molecular complexity index is 4130. The van der Waals surface area contributed by atoms with Crippen LogP contribution in [0.3, 0.4) is 0 Å². The predicted molar refractivity (Wildman–Crippen MR) is 299 cm³/mol. The van der Waals surface area contributed by atoms with Gasteiger partial charge in [-0.1, -0.05) is 224 Å². The maximum Gasteiger partial charge on any atom is 0.181 e. The van der Waals surface area contributed by atoms with Gasteiger partial charge in [-0.3, -0.25) is 0 Å². The summed E-state index contributed by atoms with van der Waals surface area (Å²) in [6.45, 7) is 0. The van der Waals surface area contributed by atoms with Crippen molar-refractivity contribution in [1.29, 1.82) is 0 Å². The average molecular weight is 908 g/mol. The average Bonchev–Trinajstić information content (AvgIpc) is 4.08. The molecule has 0 aliphatic heterocycles. The van der Waals surface area contributed by atoms with Crippen LogP contribution in [-0.4, -0.2) is 21.8 Å². The highest BCUT2D eigenvalue weighted by molar-refractivity contribution is 7.20. The molecular weight excluding hydrogens is 863 g/mol. The van der Waals surface area contributed by atoms with Gasteiger partial charge in [-0.25, -0.2) is 0 Å². The number of aromatic nitrogens is 3. The Morgan fingerprint density at radius 1 is 0.243 bits per heavy atom. The Hall–Kier alpha value is -8.96. The highest BCUT2D eigenvalue weighted by Crippen LogP contribution is 2.42. The minimum Gasteiger partial charge on any atom is -0.309 e. The van der Waals surface area contributed by atoms with Gasteiger partial charge in [-0.15, -0.1) is 0 Å². The first kappa shape index (κ1) is 40.1. The van der Waals surface area contributed by atoms with Crippen molar-refractivity contribution in [3.05, 3.63) is 273 Å². The van der Waals surface area contributed by atoms with Crippen LogP contribution in [0, 0.1) is 0 Å². The third-order valence-electron chi connectivity index (χ3n) is 14.8. The molecule has 4 heteroatoms. The molecule has 328 valence electrons. The summed E-state index contributed by atoms with van der Waals surface area (Å²) in [5.74, 6) is 0. The van der Waals surface area contributed by atoms with E-state index >= 15 is 0 Å². The van der Waals surface area contributed by atoms with Gasteiger partial charge in [-0.2, -0.15) is 0 Å². The van der Waals surface area contributed by atoms with Crippen molar-refractivity contribution in [3.63, 3.8) is 0 Å². The Labute approximate surface area is 407 Å². The fourth-order valence-electron chi connectivity index (χ4n) is 11.9. The lowest BCUT2D eigenvalue weighted by molar-refractivity contribution is 1.13. The minimum atomic E-state index is -3.16. The Morgan fingerprint density at radius 2 is 0.643 bits per heavy atom. The fraction of sp³-hybridized carbons (Fsp3) is 0. The first-order chi connectivity index (χ1) is 34.8. The molecule has 0 saturated carbocycles. The van der Waals surface area contributed by atoms with Crippen LogP contribution in [0.4, 0.5) is 0 Å². The van der Waals surface area contributed by atoms with Gasteiger partial charge >= 0.3 is 0 Å². The van der Waals surface area contributed by atoms with Gasteiger partial charge in [0, 0.05) is 43.7 Å². The second-order valence-corrected chi connectivity index (χ2v) is 22.2. The van der Waals surface area contributed by atoms with Gasteiger partial charge in [0.05, 0.1) is 38.8 Å². The summed E-state index contributed by atoms with van der Waals surface area (Å²) >= 11 is 0. The molecule has 0 radical (unpaired) electrons. The van der Waals surface area contributed by atoms with E-state index in [1.807, 2.05) is 0 Å². The summed E-state index contributed by atoms with van der Waals surface area (Å²) < 4.78 is 7.65. The summed E-state index contributed by atoms with van der Waals surface area (Å²) in [5, 5.41) is 12.7. The van der Waals surface area contributed by atoms with Crippen LogP contribution in [0.15, 0.2) is 273 Å². The molecule has 11 aromatic carbocycles. The molecule has 14 aromatic rings. The van der Waals surface area contributed by atoms with E-state index in [2.05, 4.69) is 287 Å². The second kappa shape index (κ2) is 16.1. The molecule has 0 aliphatic carbocycles. The number of benzene rings is 11. The van der Waals surface area contributed by atoms with Crippen LogP contribution >= 0.6 is 0 Å². The van der Waals surface area contributed by atoms with Gasteiger partial charge in [-0.05, 0) is 80.4 Å². The van der Waals surface area contributed by atoms with Crippen molar-refractivity contribution in [2.24, 2.45) is 0 Å².